The second kappa shape index (κ2) is 9.22. The highest BCUT2D eigenvalue weighted by molar-refractivity contribution is 5.79. The molecule has 0 radical (unpaired) electrons. The van der Waals surface area contributed by atoms with E-state index in [1.807, 2.05) is 42.5 Å². The van der Waals surface area contributed by atoms with E-state index in [1.165, 1.54) is 0 Å². The number of rotatable bonds is 5. The van der Waals surface area contributed by atoms with Gasteiger partial charge in [-0.2, -0.15) is 0 Å². The minimum absolute atomic E-state index is 0.403. The van der Waals surface area contributed by atoms with Crippen molar-refractivity contribution in [1.29, 1.82) is 0 Å². The monoisotopic (exact) mass is 304 g/mol. The molecule has 2 aromatic rings. The van der Waals surface area contributed by atoms with Crippen molar-refractivity contribution < 1.29 is 13.9 Å². The van der Waals surface area contributed by atoms with E-state index >= 15 is 0 Å². The average Bonchev–Trinajstić information content (AvgIpc) is 3.06. The Hall–Kier alpha value is -2.77. The van der Waals surface area contributed by atoms with Crippen LogP contribution in [0, 0.1) is 0 Å². The first kappa shape index (κ1) is 17.3. The predicted molar refractivity (Wildman–Crippen MR) is 86.6 cm³/mol. The lowest BCUT2D eigenvalue weighted by atomic mass is 10.1. The molecule has 0 saturated carbocycles. The van der Waals surface area contributed by atoms with Gasteiger partial charge in [0, 0.05) is 12.6 Å². The summed E-state index contributed by atoms with van der Waals surface area (Å²) in [6.45, 7) is 0. The predicted octanol–water partition coefficient (Wildman–Crippen LogP) is 1.37. The van der Waals surface area contributed by atoms with Crippen molar-refractivity contribution >= 4 is 24.2 Å². The summed E-state index contributed by atoms with van der Waals surface area (Å²) in [7, 11) is 3.43. The van der Waals surface area contributed by atoms with Gasteiger partial charge in [-0.05, 0) is 36.4 Å². The van der Waals surface area contributed by atoms with Crippen LogP contribution >= 0.6 is 0 Å². The molecule has 1 aromatic carbocycles. The van der Waals surface area contributed by atoms with Gasteiger partial charge in [0.05, 0.1) is 19.1 Å². The maximum atomic E-state index is 8.94. The number of furan rings is 1. The van der Waals surface area contributed by atoms with Crippen LogP contribution in [0.2, 0.25) is 0 Å². The van der Waals surface area contributed by atoms with Gasteiger partial charge in [0.2, 0.25) is 6.41 Å². The SMILES string of the molecule is COc1cccc(N(C)N)c1/C=C/c1ccco1.NNC=O. The van der Waals surface area contributed by atoms with Gasteiger partial charge in [-0.1, -0.05) is 6.07 Å². The Morgan fingerprint density at radius 3 is 2.50 bits per heavy atom. The molecular weight excluding hydrogens is 284 g/mol. The molecule has 0 fully saturated rings. The van der Waals surface area contributed by atoms with Gasteiger partial charge in [-0.3, -0.25) is 10.2 Å². The molecule has 0 aliphatic rings. The lowest BCUT2D eigenvalue weighted by Gasteiger charge is -2.17. The second-order valence-electron chi connectivity index (χ2n) is 4.14. The number of methoxy groups -OCH3 is 1. The summed E-state index contributed by atoms with van der Waals surface area (Å²) in [6.07, 6.45) is 5.85. The van der Waals surface area contributed by atoms with Gasteiger partial charge in [0.25, 0.3) is 0 Å². The van der Waals surface area contributed by atoms with E-state index in [1.54, 1.807) is 30.9 Å². The molecule has 1 aromatic heterocycles. The Bertz CT molecular complexity index is 595. The molecule has 0 bridgehead atoms. The normalized spacial score (nSPS) is 9.82. The lowest BCUT2D eigenvalue weighted by Crippen LogP contribution is -2.25. The molecule has 22 heavy (non-hydrogen) atoms. The molecule has 0 spiro atoms. The minimum atomic E-state index is 0.403. The van der Waals surface area contributed by atoms with Crippen molar-refractivity contribution in [2.24, 2.45) is 11.7 Å². The summed E-state index contributed by atoms with van der Waals surface area (Å²) in [5.74, 6) is 11.8. The van der Waals surface area contributed by atoms with Crippen LogP contribution in [0.1, 0.15) is 11.3 Å². The van der Waals surface area contributed by atoms with Crippen LogP contribution in [-0.4, -0.2) is 20.6 Å². The summed E-state index contributed by atoms with van der Waals surface area (Å²) in [5.41, 5.74) is 3.55. The third kappa shape index (κ3) is 4.97. The molecule has 0 aliphatic heterocycles. The number of carbonyl (C=O) groups excluding carboxylic acids is 1. The minimum Gasteiger partial charge on any atom is -0.496 e. The van der Waals surface area contributed by atoms with Gasteiger partial charge in [0.1, 0.15) is 11.5 Å². The first-order valence-electron chi connectivity index (χ1n) is 6.40. The van der Waals surface area contributed by atoms with Crippen molar-refractivity contribution in [3.8, 4) is 5.75 Å². The Labute approximate surface area is 129 Å². The summed E-state index contributed by atoms with van der Waals surface area (Å²) < 4.78 is 10.6. The summed E-state index contributed by atoms with van der Waals surface area (Å²) >= 11 is 0. The fourth-order valence-electron chi connectivity index (χ4n) is 1.74. The van der Waals surface area contributed by atoms with Crippen LogP contribution in [0.4, 0.5) is 5.69 Å². The number of nitrogens with one attached hydrogen (secondary N) is 1. The standard InChI is InChI=1S/C14H16N2O2.CH4N2O/c1-16(15)13-6-3-7-14(17-2)12(13)9-8-11-5-4-10-18-11;2-3-1-4/h3-10H,15H2,1-2H3;1H,2H2,(H,3,4)/b9-8+;. The summed E-state index contributed by atoms with van der Waals surface area (Å²) in [4.78, 5) is 8.94. The fourth-order valence-corrected chi connectivity index (χ4v) is 1.74. The molecule has 1 heterocycles. The molecule has 118 valence electrons. The van der Waals surface area contributed by atoms with Crippen molar-refractivity contribution in [1.82, 2.24) is 5.43 Å². The zero-order chi connectivity index (χ0) is 16.4. The van der Waals surface area contributed by atoms with E-state index in [9.17, 15) is 0 Å². The molecule has 7 heteroatoms. The quantitative estimate of drug-likeness (QED) is 0.333. The number of carbonyl (C=O) groups is 1. The Balaban J connectivity index is 0.000000541. The van der Waals surface area contributed by atoms with Gasteiger partial charge in [-0.15, -0.1) is 0 Å². The van der Waals surface area contributed by atoms with Crippen molar-refractivity contribution in [2.75, 3.05) is 19.2 Å². The van der Waals surface area contributed by atoms with Crippen LogP contribution in [0.3, 0.4) is 0 Å². The number of hydrogen-bond donors (Lipinski definition) is 3. The van der Waals surface area contributed by atoms with E-state index in [0.29, 0.717) is 6.41 Å². The van der Waals surface area contributed by atoms with Crippen LogP contribution < -0.4 is 26.9 Å². The highest BCUT2D eigenvalue weighted by Crippen LogP contribution is 2.29. The number of amides is 1. The van der Waals surface area contributed by atoms with E-state index in [-0.39, 0.29) is 0 Å². The topological polar surface area (TPSA) is 107 Å². The third-order valence-electron chi connectivity index (χ3n) is 2.67. The molecule has 7 nitrogen and oxygen atoms in total. The molecule has 1 amide bonds. The number of nitrogens with zero attached hydrogens (tertiary/aromatic N) is 1. The maximum Gasteiger partial charge on any atom is 0.221 e. The van der Waals surface area contributed by atoms with E-state index in [2.05, 4.69) is 5.84 Å². The number of benzene rings is 1. The third-order valence-corrected chi connectivity index (χ3v) is 2.67. The Kier molecular flexibility index (Phi) is 7.24. The van der Waals surface area contributed by atoms with Crippen LogP contribution in [-0.2, 0) is 4.79 Å². The molecule has 0 atom stereocenters. The van der Waals surface area contributed by atoms with Gasteiger partial charge in [-0.25, -0.2) is 11.7 Å². The number of anilines is 1. The molecule has 0 aliphatic carbocycles. The highest BCUT2D eigenvalue weighted by atomic mass is 16.5. The Morgan fingerprint density at radius 1 is 1.27 bits per heavy atom. The fraction of sp³-hybridized carbons (Fsp3) is 0.133. The van der Waals surface area contributed by atoms with Crippen molar-refractivity contribution in [3.63, 3.8) is 0 Å². The van der Waals surface area contributed by atoms with E-state index < -0.39 is 0 Å². The molecule has 2 rings (SSSR count). The maximum absolute atomic E-state index is 8.94. The number of nitrogens with two attached hydrogens (primary N) is 2. The van der Waals surface area contributed by atoms with Gasteiger partial charge >= 0.3 is 0 Å². The van der Waals surface area contributed by atoms with Gasteiger partial charge in [0.15, 0.2) is 0 Å². The van der Waals surface area contributed by atoms with Crippen molar-refractivity contribution in [2.45, 2.75) is 0 Å². The summed E-state index contributed by atoms with van der Waals surface area (Å²) in [6, 6.07) is 9.47. The van der Waals surface area contributed by atoms with E-state index in [4.69, 9.17) is 19.8 Å². The largest absolute Gasteiger partial charge is 0.496 e. The lowest BCUT2D eigenvalue weighted by molar-refractivity contribution is -0.109. The summed E-state index contributed by atoms with van der Waals surface area (Å²) in [5, 5.41) is 1.56. The molecule has 5 N–H and O–H groups in total. The number of ether oxygens (including phenoxy) is 1. The number of hydrazine groups is 2. The zero-order valence-corrected chi connectivity index (χ0v) is 12.5. The molecule has 0 saturated heterocycles. The first-order chi connectivity index (χ1) is 10.6. The zero-order valence-electron chi connectivity index (χ0n) is 12.5. The molecular formula is C15H20N4O3. The van der Waals surface area contributed by atoms with Crippen molar-refractivity contribution in [3.05, 3.63) is 47.9 Å². The number of hydrogen-bond acceptors (Lipinski definition) is 6. The first-order valence-corrected chi connectivity index (χ1v) is 6.40. The van der Waals surface area contributed by atoms with Crippen LogP contribution in [0.15, 0.2) is 41.0 Å². The molecule has 0 unspecified atom stereocenters. The second-order valence-corrected chi connectivity index (χ2v) is 4.14. The van der Waals surface area contributed by atoms with Gasteiger partial charge < -0.3 is 14.2 Å². The van der Waals surface area contributed by atoms with Crippen LogP contribution in [0.5, 0.6) is 5.75 Å². The van der Waals surface area contributed by atoms with Crippen LogP contribution in [0.25, 0.3) is 12.2 Å². The Morgan fingerprint density at radius 2 is 2.00 bits per heavy atom. The average molecular weight is 304 g/mol. The highest BCUT2D eigenvalue weighted by Gasteiger charge is 2.08. The van der Waals surface area contributed by atoms with E-state index in [0.717, 1.165) is 22.8 Å². The smallest absolute Gasteiger partial charge is 0.221 e.